The van der Waals surface area contributed by atoms with E-state index in [2.05, 4.69) is 9.97 Å². The fraction of sp³-hybridized carbons (Fsp3) is 0.111. The van der Waals surface area contributed by atoms with Crippen molar-refractivity contribution in [2.45, 2.75) is 13.5 Å². The highest BCUT2D eigenvalue weighted by Crippen LogP contribution is 2.31. The van der Waals surface area contributed by atoms with Crippen LogP contribution in [0.1, 0.15) is 21.1 Å². The molecule has 0 atom stereocenters. The molecule has 0 radical (unpaired) electrons. The van der Waals surface area contributed by atoms with E-state index in [1.165, 1.54) is 28.0 Å². The van der Waals surface area contributed by atoms with Crippen molar-refractivity contribution in [3.05, 3.63) is 73.6 Å². The molecule has 0 aliphatic heterocycles. The van der Waals surface area contributed by atoms with Crippen LogP contribution in [0.15, 0.2) is 46.7 Å². The molecule has 27 heavy (non-hydrogen) atoms. The number of ether oxygens (including phenoxy) is 1. The number of esters is 1. The van der Waals surface area contributed by atoms with E-state index in [1.807, 2.05) is 17.5 Å². The highest BCUT2D eigenvalue weighted by molar-refractivity contribution is 7.22. The van der Waals surface area contributed by atoms with Gasteiger partial charge in [-0.05, 0) is 30.5 Å². The normalized spacial score (nSPS) is 11.0. The average molecular weight is 418 g/mol. The zero-order valence-corrected chi connectivity index (χ0v) is 16.4. The van der Waals surface area contributed by atoms with Crippen LogP contribution in [-0.4, -0.2) is 20.3 Å². The second-order valence-corrected chi connectivity index (χ2v) is 8.03. The van der Waals surface area contributed by atoms with Gasteiger partial charge < -0.3 is 4.74 Å². The quantitative estimate of drug-likeness (QED) is 0.465. The standard InChI is InChI=1S/C18H12ClN3O3S2/c1-10-16(27-17(20-10)13-3-2-6-26-13)18(24)25-9-12-7-15(23)22-8-11(19)4-5-14(22)21-12/h2-8H,9H2,1H3. The van der Waals surface area contributed by atoms with E-state index in [-0.39, 0.29) is 12.2 Å². The Balaban J connectivity index is 1.54. The highest BCUT2D eigenvalue weighted by atomic mass is 35.5. The van der Waals surface area contributed by atoms with Crippen LogP contribution in [-0.2, 0) is 11.3 Å². The third-order valence-electron chi connectivity index (χ3n) is 3.74. The lowest BCUT2D eigenvalue weighted by molar-refractivity contribution is 0.0472. The summed E-state index contributed by atoms with van der Waals surface area (Å²) < 4.78 is 6.69. The zero-order chi connectivity index (χ0) is 19.0. The Morgan fingerprint density at radius 2 is 2.15 bits per heavy atom. The zero-order valence-electron chi connectivity index (χ0n) is 14.0. The predicted molar refractivity (Wildman–Crippen MR) is 106 cm³/mol. The van der Waals surface area contributed by atoms with Crippen LogP contribution in [0.5, 0.6) is 0 Å². The van der Waals surface area contributed by atoms with Gasteiger partial charge in [0.1, 0.15) is 22.1 Å². The summed E-state index contributed by atoms with van der Waals surface area (Å²) in [5.41, 5.74) is 1.14. The molecule has 4 aromatic heterocycles. The molecule has 0 fully saturated rings. The van der Waals surface area contributed by atoms with E-state index in [0.717, 1.165) is 9.88 Å². The summed E-state index contributed by atoms with van der Waals surface area (Å²) in [4.78, 5) is 34.8. The van der Waals surface area contributed by atoms with E-state index in [0.29, 0.717) is 26.9 Å². The maximum absolute atomic E-state index is 12.4. The Morgan fingerprint density at radius 3 is 2.93 bits per heavy atom. The summed E-state index contributed by atoms with van der Waals surface area (Å²) in [6.07, 6.45) is 1.49. The number of carbonyl (C=O) groups excluding carboxylic acids is 1. The summed E-state index contributed by atoms with van der Waals surface area (Å²) >= 11 is 8.75. The van der Waals surface area contributed by atoms with Crippen molar-refractivity contribution in [1.29, 1.82) is 0 Å². The molecule has 0 aromatic carbocycles. The minimum Gasteiger partial charge on any atom is -0.455 e. The third kappa shape index (κ3) is 3.64. The monoisotopic (exact) mass is 417 g/mol. The number of aryl methyl sites for hydroxylation is 1. The number of hydrogen-bond donors (Lipinski definition) is 0. The first kappa shape index (κ1) is 17.8. The van der Waals surface area contributed by atoms with Gasteiger partial charge in [-0.25, -0.2) is 14.8 Å². The summed E-state index contributed by atoms with van der Waals surface area (Å²) in [6.45, 7) is 1.67. The van der Waals surface area contributed by atoms with Gasteiger partial charge in [-0.15, -0.1) is 22.7 Å². The van der Waals surface area contributed by atoms with Gasteiger partial charge in [0, 0.05) is 12.3 Å². The van der Waals surface area contributed by atoms with Crippen molar-refractivity contribution in [2.24, 2.45) is 0 Å². The number of hydrogen-bond acceptors (Lipinski definition) is 7. The lowest BCUT2D eigenvalue weighted by Crippen LogP contribution is -2.16. The van der Waals surface area contributed by atoms with E-state index in [4.69, 9.17) is 16.3 Å². The van der Waals surface area contributed by atoms with Crippen LogP contribution in [0.2, 0.25) is 5.02 Å². The first-order chi connectivity index (χ1) is 13.0. The van der Waals surface area contributed by atoms with Crippen LogP contribution in [0, 0.1) is 6.92 Å². The largest absolute Gasteiger partial charge is 0.455 e. The van der Waals surface area contributed by atoms with Gasteiger partial charge in [0.15, 0.2) is 0 Å². The number of pyridine rings is 1. The van der Waals surface area contributed by atoms with Gasteiger partial charge in [0.2, 0.25) is 0 Å². The fourth-order valence-electron chi connectivity index (χ4n) is 2.50. The Labute approximate surface area is 166 Å². The molecule has 0 aliphatic carbocycles. The lowest BCUT2D eigenvalue weighted by atomic mass is 10.3. The molecule has 136 valence electrons. The van der Waals surface area contributed by atoms with Crippen molar-refractivity contribution in [2.75, 3.05) is 0 Å². The number of rotatable bonds is 4. The molecule has 6 nitrogen and oxygen atoms in total. The summed E-state index contributed by atoms with van der Waals surface area (Å²) in [7, 11) is 0. The molecular formula is C18H12ClN3O3S2. The molecule has 0 aliphatic rings. The highest BCUT2D eigenvalue weighted by Gasteiger charge is 2.18. The average Bonchev–Trinajstić information content (AvgIpc) is 3.30. The van der Waals surface area contributed by atoms with Crippen LogP contribution in [0.3, 0.4) is 0 Å². The van der Waals surface area contributed by atoms with Crippen molar-refractivity contribution in [1.82, 2.24) is 14.4 Å². The smallest absolute Gasteiger partial charge is 0.350 e. The summed E-state index contributed by atoms with van der Waals surface area (Å²) in [5.74, 6) is -0.481. The van der Waals surface area contributed by atoms with Gasteiger partial charge in [-0.1, -0.05) is 17.7 Å². The molecule has 0 saturated heterocycles. The van der Waals surface area contributed by atoms with Crippen LogP contribution >= 0.6 is 34.3 Å². The van der Waals surface area contributed by atoms with Crippen LogP contribution < -0.4 is 5.56 Å². The molecule has 9 heteroatoms. The molecule has 0 amide bonds. The first-order valence-corrected chi connectivity index (χ1v) is 9.95. The molecule has 0 unspecified atom stereocenters. The maximum atomic E-state index is 12.4. The van der Waals surface area contributed by atoms with E-state index in [9.17, 15) is 9.59 Å². The first-order valence-electron chi connectivity index (χ1n) is 7.87. The summed E-state index contributed by atoms with van der Waals surface area (Å²) in [6, 6.07) is 8.50. The Kier molecular flexibility index (Phi) is 4.77. The van der Waals surface area contributed by atoms with Crippen LogP contribution in [0.4, 0.5) is 0 Å². The molecule has 4 rings (SSSR count). The Morgan fingerprint density at radius 1 is 1.30 bits per heavy atom. The molecule has 4 heterocycles. The van der Waals surface area contributed by atoms with Crippen molar-refractivity contribution >= 4 is 45.9 Å². The van der Waals surface area contributed by atoms with Crippen molar-refractivity contribution < 1.29 is 9.53 Å². The lowest BCUT2D eigenvalue weighted by Gasteiger charge is -2.05. The van der Waals surface area contributed by atoms with Crippen molar-refractivity contribution in [3.63, 3.8) is 0 Å². The van der Waals surface area contributed by atoms with Crippen molar-refractivity contribution in [3.8, 4) is 9.88 Å². The van der Waals surface area contributed by atoms with Gasteiger partial charge in [0.25, 0.3) is 5.56 Å². The molecule has 4 aromatic rings. The second-order valence-electron chi connectivity index (χ2n) is 5.65. The van der Waals surface area contributed by atoms with Gasteiger partial charge in [0.05, 0.1) is 21.3 Å². The Bertz CT molecular complexity index is 1200. The second kappa shape index (κ2) is 7.22. The molecule has 0 saturated carbocycles. The number of thiophene rings is 1. The van der Waals surface area contributed by atoms with E-state index >= 15 is 0 Å². The number of aromatic nitrogens is 3. The fourth-order valence-corrected chi connectivity index (χ4v) is 4.41. The molecule has 0 N–H and O–H groups in total. The minimum absolute atomic E-state index is 0.0983. The number of halogens is 1. The topological polar surface area (TPSA) is 73.6 Å². The molecule has 0 spiro atoms. The number of carbonyl (C=O) groups is 1. The predicted octanol–water partition coefficient (Wildman–Crippen LogP) is 4.20. The SMILES string of the molecule is Cc1nc(-c2cccs2)sc1C(=O)OCc1cc(=O)n2cc(Cl)ccc2n1. The number of fused-ring (bicyclic) bond motifs is 1. The van der Waals surface area contributed by atoms with Gasteiger partial charge in [-0.3, -0.25) is 9.20 Å². The van der Waals surface area contributed by atoms with Crippen LogP contribution in [0.25, 0.3) is 15.5 Å². The van der Waals surface area contributed by atoms with E-state index < -0.39 is 5.97 Å². The molecule has 0 bridgehead atoms. The minimum atomic E-state index is -0.481. The number of thiazole rings is 1. The van der Waals surface area contributed by atoms with E-state index in [1.54, 1.807) is 30.4 Å². The number of nitrogens with zero attached hydrogens (tertiary/aromatic N) is 3. The third-order valence-corrected chi connectivity index (χ3v) is 6.14. The molecular weight excluding hydrogens is 406 g/mol. The Hall–Kier alpha value is -2.55. The summed E-state index contributed by atoms with van der Waals surface area (Å²) in [5, 5.41) is 3.18. The van der Waals surface area contributed by atoms with Gasteiger partial charge in [-0.2, -0.15) is 0 Å². The van der Waals surface area contributed by atoms with Gasteiger partial charge >= 0.3 is 5.97 Å². The maximum Gasteiger partial charge on any atom is 0.350 e.